The van der Waals surface area contributed by atoms with E-state index in [2.05, 4.69) is 5.32 Å². The second-order valence-electron chi connectivity index (χ2n) is 4.71. The van der Waals surface area contributed by atoms with Crippen molar-refractivity contribution in [2.45, 2.75) is 11.4 Å². The van der Waals surface area contributed by atoms with Gasteiger partial charge in [-0.05, 0) is 12.1 Å². The SMILES string of the molecule is O=C(COc1ccccc1)NC1C(=O)N2C=C(O)CS[C@@H]12. The normalized spacial score (nSPS) is 23.7. The first kappa shape index (κ1) is 13.8. The summed E-state index contributed by atoms with van der Waals surface area (Å²) in [7, 11) is 0. The number of carbonyl (C=O) groups is 2. The molecule has 2 N–H and O–H groups in total. The highest BCUT2D eigenvalue weighted by Gasteiger charge is 2.49. The van der Waals surface area contributed by atoms with E-state index in [1.807, 2.05) is 18.2 Å². The molecular weight excluding hydrogens is 292 g/mol. The van der Waals surface area contributed by atoms with E-state index < -0.39 is 6.04 Å². The van der Waals surface area contributed by atoms with E-state index in [1.165, 1.54) is 22.9 Å². The van der Waals surface area contributed by atoms with Crippen molar-refractivity contribution in [1.82, 2.24) is 10.2 Å². The molecule has 1 unspecified atom stereocenters. The Labute approximate surface area is 125 Å². The van der Waals surface area contributed by atoms with Gasteiger partial charge in [-0.1, -0.05) is 18.2 Å². The van der Waals surface area contributed by atoms with E-state index in [4.69, 9.17) is 4.74 Å². The summed E-state index contributed by atoms with van der Waals surface area (Å²) in [4.78, 5) is 25.1. The summed E-state index contributed by atoms with van der Waals surface area (Å²) in [6.45, 7) is -0.133. The molecule has 2 atom stereocenters. The Kier molecular flexibility index (Phi) is 3.74. The lowest BCUT2D eigenvalue weighted by molar-refractivity contribution is -0.145. The van der Waals surface area contributed by atoms with E-state index in [-0.39, 0.29) is 29.6 Å². The molecule has 6 nitrogen and oxygen atoms in total. The van der Waals surface area contributed by atoms with Crippen LogP contribution < -0.4 is 10.1 Å². The molecule has 2 aliphatic rings. The van der Waals surface area contributed by atoms with Crippen molar-refractivity contribution in [2.24, 2.45) is 0 Å². The molecule has 0 radical (unpaired) electrons. The van der Waals surface area contributed by atoms with E-state index in [0.29, 0.717) is 11.5 Å². The molecule has 0 saturated carbocycles. The van der Waals surface area contributed by atoms with Crippen molar-refractivity contribution in [3.05, 3.63) is 42.3 Å². The average Bonchev–Trinajstić information content (AvgIpc) is 2.51. The molecule has 1 aromatic rings. The first-order chi connectivity index (χ1) is 10.1. The summed E-state index contributed by atoms with van der Waals surface area (Å²) < 4.78 is 5.33. The van der Waals surface area contributed by atoms with Crippen molar-refractivity contribution >= 4 is 23.6 Å². The molecule has 21 heavy (non-hydrogen) atoms. The molecule has 0 bridgehead atoms. The summed E-state index contributed by atoms with van der Waals surface area (Å²) in [5, 5.41) is 11.9. The fourth-order valence-corrected chi connectivity index (χ4v) is 3.30. The van der Waals surface area contributed by atoms with Gasteiger partial charge in [-0.15, -0.1) is 11.8 Å². The topological polar surface area (TPSA) is 78.9 Å². The molecule has 3 rings (SSSR count). The number of aliphatic hydroxyl groups excluding tert-OH is 1. The Morgan fingerprint density at radius 3 is 2.95 bits per heavy atom. The Morgan fingerprint density at radius 1 is 1.43 bits per heavy atom. The minimum atomic E-state index is -0.550. The maximum absolute atomic E-state index is 11.9. The maximum atomic E-state index is 11.9. The highest BCUT2D eigenvalue weighted by atomic mass is 32.2. The lowest BCUT2D eigenvalue weighted by Crippen LogP contribution is -2.68. The third-order valence-electron chi connectivity index (χ3n) is 3.20. The van der Waals surface area contributed by atoms with Crippen LogP contribution in [0, 0.1) is 0 Å². The molecule has 0 aromatic heterocycles. The predicted octanol–water partition coefficient (Wildman–Crippen LogP) is 0.865. The highest BCUT2D eigenvalue weighted by molar-refractivity contribution is 8.00. The summed E-state index contributed by atoms with van der Waals surface area (Å²) >= 11 is 1.42. The molecule has 1 saturated heterocycles. The number of nitrogens with one attached hydrogen (secondary N) is 1. The number of aliphatic hydroxyl groups is 1. The van der Waals surface area contributed by atoms with Crippen molar-refractivity contribution in [1.29, 1.82) is 0 Å². The molecule has 110 valence electrons. The van der Waals surface area contributed by atoms with Gasteiger partial charge in [0.2, 0.25) is 0 Å². The van der Waals surface area contributed by atoms with Gasteiger partial charge >= 0.3 is 0 Å². The number of ether oxygens (including phenoxy) is 1. The molecule has 0 aliphatic carbocycles. The molecular formula is C14H14N2O4S. The van der Waals surface area contributed by atoms with Gasteiger partial charge in [0.25, 0.3) is 11.8 Å². The quantitative estimate of drug-likeness (QED) is 0.807. The molecule has 2 amide bonds. The zero-order chi connectivity index (χ0) is 14.8. The van der Waals surface area contributed by atoms with Crippen molar-refractivity contribution in [3.8, 4) is 5.75 Å². The molecule has 2 heterocycles. The summed E-state index contributed by atoms with van der Waals surface area (Å²) in [6.07, 6.45) is 1.42. The van der Waals surface area contributed by atoms with Gasteiger partial charge in [0.05, 0.1) is 5.75 Å². The van der Waals surface area contributed by atoms with Gasteiger partial charge < -0.3 is 15.2 Å². The first-order valence-electron chi connectivity index (χ1n) is 6.46. The number of hydrogen-bond donors (Lipinski definition) is 2. The Balaban J connectivity index is 1.51. The van der Waals surface area contributed by atoms with Crippen LogP contribution in [-0.4, -0.2) is 45.6 Å². The van der Waals surface area contributed by atoms with Gasteiger partial charge in [-0.3, -0.25) is 14.5 Å². The summed E-state index contributed by atoms with van der Waals surface area (Å²) in [5.41, 5.74) is 0. The Hall–Kier alpha value is -2.15. The minimum Gasteiger partial charge on any atom is -0.510 e. The summed E-state index contributed by atoms with van der Waals surface area (Å²) in [6, 6.07) is 8.46. The average molecular weight is 306 g/mol. The van der Waals surface area contributed by atoms with Crippen LogP contribution in [-0.2, 0) is 9.59 Å². The van der Waals surface area contributed by atoms with Crippen LogP contribution in [0.2, 0.25) is 0 Å². The molecule has 0 spiro atoms. The maximum Gasteiger partial charge on any atom is 0.258 e. The number of thioether (sulfide) groups is 1. The summed E-state index contributed by atoms with van der Waals surface area (Å²) in [5.74, 6) is 0.667. The van der Waals surface area contributed by atoms with Crippen LogP contribution in [0.15, 0.2) is 42.3 Å². The van der Waals surface area contributed by atoms with Gasteiger partial charge in [-0.2, -0.15) is 0 Å². The third-order valence-corrected chi connectivity index (χ3v) is 4.50. The zero-order valence-corrected chi connectivity index (χ0v) is 11.9. The Morgan fingerprint density at radius 2 is 2.19 bits per heavy atom. The number of hydrogen-bond acceptors (Lipinski definition) is 5. The Bertz CT molecular complexity index is 590. The number of carbonyl (C=O) groups excluding carboxylic acids is 2. The zero-order valence-electron chi connectivity index (χ0n) is 11.1. The first-order valence-corrected chi connectivity index (χ1v) is 7.50. The van der Waals surface area contributed by atoms with Gasteiger partial charge in [-0.25, -0.2) is 0 Å². The van der Waals surface area contributed by atoms with Crippen molar-refractivity contribution in [2.75, 3.05) is 12.4 Å². The number of benzene rings is 1. The van der Waals surface area contributed by atoms with Gasteiger partial charge in [0, 0.05) is 6.20 Å². The van der Waals surface area contributed by atoms with Crippen LogP contribution in [0.4, 0.5) is 0 Å². The number of rotatable bonds is 4. The van der Waals surface area contributed by atoms with Crippen LogP contribution in [0.1, 0.15) is 0 Å². The van der Waals surface area contributed by atoms with E-state index in [1.54, 1.807) is 12.1 Å². The third kappa shape index (κ3) is 2.82. The monoisotopic (exact) mass is 306 g/mol. The van der Waals surface area contributed by atoms with Crippen molar-refractivity contribution < 1.29 is 19.4 Å². The minimum absolute atomic E-state index is 0.133. The molecule has 2 aliphatic heterocycles. The van der Waals surface area contributed by atoms with Crippen LogP contribution in [0.5, 0.6) is 5.75 Å². The predicted molar refractivity (Wildman–Crippen MR) is 77.7 cm³/mol. The number of para-hydroxylation sites is 1. The smallest absolute Gasteiger partial charge is 0.258 e. The van der Waals surface area contributed by atoms with Gasteiger partial charge in [0.1, 0.15) is 22.9 Å². The van der Waals surface area contributed by atoms with E-state index >= 15 is 0 Å². The molecule has 1 aromatic carbocycles. The van der Waals surface area contributed by atoms with Crippen molar-refractivity contribution in [3.63, 3.8) is 0 Å². The number of nitrogens with zero attached hydrogens (tertiary/aromatic N) is 1. The second-order valence-corrected chi connectivity index (χ2v) is 5.82. The number of amides is 2. The fraction of sp³-hybridized carbons (Fsp3) is 0.286. The second kappa shape index (κ2) is 5.69. The largest absolute Gasteiger partial charge is 0.510 e. The number of fused-ring (bicyclic) bond motifs is 1. The van der Waals surface area contributed by atoms with Gasteiger partial charge in [0.15, 0.2) is 6.61 Å². The molecule has 1 fully saturated rings. The lowest BCUT2D eigenvalue weighted by Gasteiger charge is -2.46. The van der Waals surface area contributed by atoms with Crippen LogP contribution in [0.25, 0.3) is 0 Å². The standard InChI is InChI=1S/C14H14N2O4S/c17-9-6-16-13(19)12(14(16)21-8-9)15-11(18)7-20-10-4-2-1-3-5-10/h1-6,12,14,17H,7-8H2,(H,15,18)/t12?,14-/m0/s1. The highest BCUT2D eigenvalue weighted by Crippen LogP contribution is 2.35. The van der Waals surface area contributed by atoms with Crippen LogP contribution >= 0.6 is 11.8 Å². The van der Waals surface area contributed by atoms with E-state index in [9.17, 15) is 14.7 Å². The van der Waals surface area contributed by atoms with E-state index in [0.717, 1.165) is 0 Å². The fourth-order valence-electron chi connectivity index (χ4n) is 2.18. The lowest BCUT2D eigenvalue weighted by atomic mass is 10.1. The number of β-lactam (4-membered cyclic amide) rings is 1. The van der Waals surface area contributed by atoms with Crippen LogP contribution in [0.3, 0.4) is 0 Å². The molecule has 7 heteroatoms.